The second kappa shape index (κ2) is 7.36. The minimum Gasteiger partial charge on any atom is -0.384 e. The highest BCUT2D eigenvalue weighted by Gasteiger charge is 2.29. The van der Waals surface area contributed by atoms with Gasteiger partial charge in [0, 0.05) is 38.8 Å². The Morgan fingerprint density at radius 1 is 1.29 bits per heavy atom. The summed E-state index contributed by atoms with van der Waals surface area (Å²) < 4.78 is 0. The monoisotopic (exact) mass is 291 g/mol. The summed E-state index contributed by atoms with van der Waals surface area (Å²) in [5.74, 6) is 0. The van der Waals surface area contributed by atoms with Crippen LogP contribution in [0.25, 0.3) is 0 Å². The topological polar surface area (TPSA) is 52.7 Å². The average molecular weight is 291 g/mol. The van der Waals surface area contributed by atoms with Crippen LogP contribution < -0.4 is 5.73 Å². The first-order chi connectivity index (χ1) is 10.1. The lowest BCUT2D eigenvalue weighted by Gasteiger charge is -2.40. The van der Waals surface area contributed by atoms with E-state index in [1.165, 1.54) is 0 Å². The van der Waals surface area contributed by atoms with E-state index < -0.39 is 5.60 Å². The van der Waals surface area contributed by atoms with Crippen LogP contribution in [0.2, 0.25) is 0 Å². The molecule has 0 radical (unpaired) electrons. The first-order valence-electron chi connectivity index (χ1n) is 8.03. The molecular formula is C17H29N3O. The minimum absolute atomic E-state index is 0.265. The molecule has 1 saturated heterocycles. The second-order valence-electron chi connectivity index (χ2n) is 6.13. The molecule has 0 spiro atoms. The van der Waals surface area contributed by atoms with Gasteiger partial charge in [0.25, 0.3) is 0 Å². The third-order valence-corrected chi connectivity index (χ3v) is 4.75. The predicted molar refractivity (Wildman–Crippen MR) is 87.2 cm³/mol. The molecule has 0 saturated carbocycles. The highest BCUT2D eigenvalue weighted by atomic mass is 16.3. The van der Waals surface area contributed by atoms with Gasteiger partial charge in [-0.1, -0.05) is 37.3 Å². The molecule has 1 aliphatic heterocycles. The molecule has 3 N–H and O–H groups in total. The summed E-state index contributed by atoms with van der Waals surface area (Å²) in [5, 5.41) is 10.8. The molecular weight excluding hydrogens is 262 g/mol. The normalized spacial score (nSPS) is 23.9. The van der Waals surface area contributed by atoms with E-state index in [0.717, 1.165) is 38.3 Å². The van der Waals surface area contributed by atoms with Crippen molar-refractivity contribution < 1.29 is 5.11 Å². The maximum absolute atomic E-state index is 10.8. The molecule has 0 aliphatic carbocycles. The fraction of sp³-hybridized carbons (Fsp3) is 0.647. The van der Waals surface area contributed by atoms with Gasteiger partial charge in [-0.15, -0.1) is 0 Å². The summed E-state index contributed by atoms with van der Waals surface area (Å²) in [4.78, 5) is 4.95. The van der Waals surface area contributed by atoms with Crippen molar-refractivity contribution in [1.29, 1.82) is 0 Å². The maximum atomic E-state index is 10.8. The Kier molecular flexibility index (Phi) is 5.76. The van der Waals surface area contributed by atoms with Gasteiger partial charge in [0.1, 0.15) is 5.60 Å². The van der Waals surface area contributed by atoms with Crippen LogP contribution in [0.1, 0.15) is 25.8 Å². The molecule has 1 aromatic carbocycles. The molecule has 2 atom stereocenters. The first-order valence-corrected chi connectivity index (χ1v) is 8.03. The van der Waals surface area contributed by atoms with Crippen LogP contribution in [0.4, 0.5) is 0 Å². The molecule has 118 valence electrons. The molecule has 21 heavy (non-hydrogen) atoms. The summed E-state index contributed by atoms with van der Waals surface area (Å²) >= 11 is 0. The summed E-state index contributed by atoms with van der Waals surface area (Å²) in [7, 11) is 0. The second-order valence-corrected chi connectivity index (χ2v) is 6.13. The fourth-order valence-corrected chi connectivity index (χ4v) is 3.20. The molecule has 1 heterocycles. The highest BCUT2D eigenvalue weighted by Crippen LogP contribution is 2.24. The van der Waals surface area contributed by atoms with E-state index in [1.807, 2.05) is 30.3 Å². The van der Waals surface area contributed by atoms with Gasteiger partial charge in [-0.3, -0.25) is 4.90 Å². The number of nitrogens with zero attached hydrogens (tertiary/aromatic N) is 2. The standard InChI is InChI=1S/C17H29N3O/c1-3-20-12-11-19(13-15(20)2)10-9-17(21,14-18)16-7-5-4-6-8-16/h4-8,15,21H,3,9-14,18H2,1-2H3. The van der Waals surface area contributed by atoms with Crippen LogP contribution in [0.15, 0.2) is 30.3 Å². The van der Waals surface area contributed by atoms with E-state index in [4.69, 9.17) is 5.73 Å². The van der Waals surface area contributed by atoms with Gasteiger partial charge in [-0.25, -0.2) is 0 Å². The van der Waals surface area contributed by atoms with Crippen molar-refractivity contribution in [3.05, 3.63) is 35.9 Å². The summed E-state index contributed by atoms with van der Waals surface area (Å²) in [6.45, 7) is 10.0. The minimum atomic E-state index is -0.910. The lowest BCUT2D eigenvalue weighted by atomic mass is 9.90. The zero-order valence-corrected chi connectivity index (χ0v) is 13.3. The van der Waals surface area contributed by atoms with E-state index in [0.29, 0.717) is 12.5 Å². The molecule has 0 amide bonds. The van der Waals surface area contributed by atoms with E-state index in [1.54, 1.807) is 0 Å². The van der Waals surface area contributed by atoms with Crippen molar-refractivity contribution in [3.8, 4) is 0 Å². The van der Waals surface area contributed by atoms with Crippen molar-refractivity contribution in [3.63, 3.8) is 0 Å². The van der Waals surface area contributed by atoms with Gasteiger partial charge in [0.2, 0.25) is 0 Å². The lowest BCUT2D eigenvalue weighted by molar-refractivity contribution is 0.0135. The zero-order chi connectivity index (χ0) is 15.3. The van der Waals surface area contributed by atoms with E-state index in [-0.39, 0.29) is 6.54 Å². The fourth-order valence-electron chi connectivity index (χ4n) is 3.20. The Morgan fingerprint density at radius 2 is 2.00 bits per heavy atom. The first kappa shape index (κ1) is 16.4. The molecule has 4 nitrogen and oxygen atoms in total. The molecule has 4 heteroatoms. The predicted octanol–water partition coefficient (Wildman–Crippen LogP) is 1.25. The number of likely N-dealkylation sites (N-methyl/N-ethyl adjacent to an activating group) is 1. The third-order valence-electron chi connectivity index (χ3n) is 4.75. The molecule has 2 rings (SSSR count). The Morgan fingerprint density at radius 3 is 2.57 bits per heavy atom. The van der Waals surface area contributed by atoms with Crippen molar-refractivity contribution in [2.45, 2.75) is 31.9 Å². The van der Waals surface area contributed by atoms with Crippen LogP contribution >= 0.6 is 0 Å². The quantitative estimate of drug-likeness (QED) is 0.828. The van der Waals surface area contributed by atoms with E-state index in [2.05, 4.69) is 23.6 Å². The van der Waals surface area contributed by atoms with Gasteiger partial charge < -0.3 is 15.7 Å². The summed E-state index contributed by atoms with van der Waals surface area (Å²) in [6.07, 6.45) is 0.687. The molecule has 1 fully saturated rings. The van der Waals surface area contributed by atoms with Gasteiger partial charge in [-0.05, 0) is 25.5 Å². The third kappa shape index (κ3) is 4.04. The average Bonchev–Trinajstić information content (AvgIpc) is 2.53. The number of hydrogen-bond donors (Lipinski definition) is 2. The van der Waals surface area contributed by atoms with E-state index >= 15 is 0 Å². The summed E-state index contributed by atoms with van der Waals surface area (Å²) in [6, 6.07) is 10.4. The number of benzene rings is 1. The number of aliphatic hydroxyl groups is 1. The number of piperazine rings is 1. The number of nitrogens with two attached hydrogens (primary N) is 1. The number of rotatable bonds is 6. The van der Waals surface area contributed by atoms with Gasteiger partial charge in [0.05, 0.1) is 0 Å². The van der Waals surface area contributed by atoms with Crippen molar-refractivity contribution in [2.75, 3.05) is 39.3 Å². The maximum Gasteiger partial charge on any atom is 0.103 e. The Balaban J connectivity index is 1.92. The Labute approximate surface area is 128 Å². The van der Waals surface area contributed by atoms with Crippen molar-refractivity contribution in [1.82, 2.24) is 9.80 Å². The van der Waals surface area contributed by atoms with Crippen LogP contribution in [-0.2, 0) is 5.60 Å². The molecule has 0 bridgehead atoms. The Hall–Kier alpha value is -0.940. The van der Waals surface area contributed by atoms with Gasteiger partial charge in [0.15, 0.2) is 0 Å². The summed E-state index contributed by atoms with van der Waals surface area (Å²) in [5.41, 5.74) is 5.86. The molecule has 1 aromatic rings. The highest BCUT2D eigenvalue weighted by molar-refractivity contribution is 5.22. The largest absolute Gasteiger partial charge is 0.384 e. The van der Waals surface area contributed by atoms with Crippen molar-refractivity contribution >= 4 is 0 Å². The molecule has 0 aromatic heterocycles. The van der Waals surface area contributed by atoms with Gasteiger partial charge in [-0.2, -0.15) is 0 Å². The van der Waals surface area contributed by atoms with Gasteiger partial charge >= 0.3 is 0 Å². The van der Waals surface area contributed by atoms with Crippen LogP contribution in [-0.4, -0.2) is 60.2 Å². The van der Waals surface area contributed by atoms with Crippen molar-refractivity contribution in [2.24, 2.45) is 5.73 Å². The Bertz CT molecular complexity index is 425. The molecule has 1 aliphatic rings. The van der Waals surface area contributed by atoms with Crippen LogP contribution in [0, 0.1) is 0 Å². The van der Waals surface area contributed by atoms with E-state index in [9.17, 15) is 5.11 Å². The zero-order valence-electron chi connectivity index (χ0n) is 13.3. The SMILES string of the molecule is CCN1CCN(CCC(O)(CN)c2ccccc2)CC1C. The van der Waals surface area contributed by atoms with Crippen LogP contribution in [0.5, 0.6) is 0 Å². The smallest absolute Gasteiger partial charge is 0.103 e. The lowest BCUT2D eigenvalue weighted by Crippen LogP contribution is -2.52. The number of hydrogen-bond acceptors (Lipinski definition) is 4. The molecule has 2 unspecified atom stereocenters. The van der Waals surface area contributed by atoms with Crippen LogP contribution in [0.3, 0.4) is 0 Å².